The highest BCUT2D eigenvalue weighted by Crippen LogP contribution is 2.32. The first-order chi connectivity index (χ1) is 16.0. The molecule has 0 bridgehead atoms. The number of carbonyl (C=O) groups is 4. The first-order valence-corrected chi connectivity index (χ1v) is 12.2. The number of hydrogen-bond acceptors (Lipinski definition) is 10. The van der Waals surface area contributed by atoms with Gasteiger partial charge in [-0.25, -0.2) is 0 Å². The molecule has 1 fully saturated rings. The minimum atomic E-state index is -1.31. The van der Waals surface area contributed by atoms with Gasteiger partial charge in [-0.05, 0) is 83.1 Å². The van der Waals surface area contributed by atoms with Gasteiger partial charge in [-0.2, -0.15) is 0 Å². The molecule has 0 radical (unpaired) electrons. The summed E-state index contributed by atoms with van der Waals surface area (Å²) in [5.41, 5.74) is 2.71. The molecule has 0 aromatic carbocycles. The molecule has 0 spiro atoms. The van der Waals surface area contributed by atoms with Crippen LogP contribution in [0, 0.1) is 21.7 Å². The maximum atomic E-state index is 12.9. The second kappa shape index (κ2) is 11.0. The highest BCUT2D eigenvalue weighted by atomic mass is 16.7. The van der Waals surface area contributed by atoms with Crippen molar-refractivity contribution in [2.24, 2.45) is 27.4 Å². The van der Waals surface area contributed by atoms with E-state index in [1.807, 2.05) is 0 Å². The smallest absolute Gasteiger partial charge is 0.311 e. The van der Waals surface area contributed by atoms with E-state index in [4.69, 9.17) is 29.4 Å². The topological polar surface area (TPSA) is 140 Å². The Morgan fingerprint density at radius 1 is 0.583 bits per heavy atom. The van der Waals surface area contributed by atoms with Crippen molar-refractivity contribution < 1.29 is 42.9 Å². The summed E-state index contributed by atoms with van der Waals surface area (Å²) < 4.78 is 28.5. The first-order valence-electron chi connectivity index (χ1n) is 12.2. The molecule has 1 unspecified atom stereocenters. The van der Waals surface area contributed by atoms with Crippen LogP contribution in [-0.2, 0) is 42.9 Å². The molecule has 2 N–H and O–H groups in total. The summed E-state index contributed by atoms with van der Waals surface area (Å²) in [6.07, 6.45) is -6.20. The van der Waals surface area contributed by atoms with Crippen LogP contribution in [-0.4, -0.2) is 61.1 Å². The second-order valence-corrected chi connectivity index (χ2v) is 13.3. The second-order valence-electron chi connectivity index (χ2n) is 13.3. The van der Waals surface area contributed by atoms with Crippen LogP contribution in [0.25, 0.3) is 0 Å². The van der Waals surface area contributed by atoms with Gasteiger partial charge in [-0.3, -0.25) is 19.2 Å². The van der Waals surface area contributed by atoms with Crippen LogP contribution >= 0.6 is 0 Å². The number of nitrogens with two attached hydrogens (primary N) is 1. The average Bonchev–Trinajstić information content (AvgIpc) is 2.67. The molecule has 1 aliphatic rings. The van der Waals surface area contributed by atoms with Crippen molar-refractivity contribution in [2.45, 2.75) is 114 Å². The number of carbonyl (C=O) groups excluding carboxylic acids is 4. The maximum absolute atomic E-state index is 12.9. The molecule has 1 heterocycles. The zero-order valence-electron chi connectivity index (χ0n) is 23.8. The van der Waals surface area contributed by atoms with E-state index in [2.05, 4.69) is 0 Å². The van der Waals surface area contributed by atoms with Crippen molar-refractivity contribution in [2.75, 3.05) is 6.61 Å². The molecule has 10 nitrogen and oxygen atoms in total. The van der Waals surface area contributed by atoms with Gasteiger partial charge in [0.25, 0.3) is 0 Å². The molecule has 5 atom stereocenters. The Balaban J connectivity index is 3.50. The SMILES string of the molecule is CC(C)(C)C(=O)OC[C@H]1OC(N)[C@H](OC(=O)C(C)(C)C)[C@@H](OC(=O)C(C)(C)C)[C@H]1OC(=O)C(C)(C)C. The van der Waals surface area contributed by atoms with Crippen LogP contribution in [0.3, 0.4) is 0 Å². The molecule has 0 amide bonds. The predicted molar refractivity (Wildman–Crippen MR) is 131 cm³/mol. The third-order valence-electron chi connectivity index (χ3n) is 5.23. The Hall–Kier alpha value is -2.20. The summed E-state index contributed by atoms with van der Waals surface area (Å²) >= 11 is 0. The van der Waals surface area contributed by atoms with Crippen LogP contribution in [0.5, 0.6) is 0 Å². The lowest BCUT2D eigenvalue weighted by atomic mass is 9.92. The van der Waals surface area contributed by atoms with Gasteiger partial charge >= 0.3 is 23.9 Å². The number of rotatable bonds is 5. The van der Waals surface area contributed by atoms with E-state index in [0.29, 0.717) is 0 Å². The van der Waals surface area contributed by atoms with Gasteiger partial charge in [0.15, 0.2) is 18.3 Å². The fourth-order valence-corrected chi connectivity index (χ4v) is 2.76. The Labute approximate surface area is 214 Å². The van der Waals surface area contributed by atoms with E-state index in [1.54, 1.807) is 83.1 Å². The molecule has 36 heavy (non-hydrogen) atoms. The largest absolute Gasteiger partial charge is 0.462 e. The van der Waals surface area contributed by atoms with Gasteiger partial charge in [0.2, 0.25) is 0 Å². The van der Waals surface area contributed by atoms with E-state index in [9.17, 15) is 19.2 Å². The van der Waals surface area contributed by atoms with E-state index >= 15 is 0 Å². The molecule has 208 valence electrons. The van der Waals surface area contributed by atoms with E-state index in [0.717, 1.165) is 0 Å². The van der Waals surface area contributed by atoms with Gasteiger partial charge in [-0.1, -0.05) is 0 Å². The average molecular weight is 516 g/mol. The lowest BCUT2D eigenvalue weighted by Gasteiger charge is -2.45. The summed E-state index contributed by atoms with van der Waals surface area (Å²) in [4.78, 5) is 51.0. The van der Waals surface area contributed by atoms with Crippen molar-refractivity contribution in [1.29, 1.82) is 0 Å². The summed E-state index contributed by atoms with van der Waals surface area (Å²) in [6, 6.07) is 0. The summed E-state index contributed by atoms with van der Waals surface area (Å²) in [5, 5.41) is 0. The molecule has 1 saturated heterocycles. The van der Waals surface area contributed by atoms with E-state index in [1.165, 1.54) is 0 Å². The molecule has 10 heteroatoms. The predicted octanol–water partition coefficient (Wildman–Crippen LogP) is 3.13. The quantitative estimate of drug-likeness (QED) is 0.429. The van der Waals surface area contributed by atoms with Gasteiger partial charge in [0, 0.05) is 0 Å². The van der Waals surface area contributed by atoms with Crippen molar-refractivity contribution in [3.05, 3.63) is 0 Å². The van der Waals surface area contributed by atoms with E-state index < -0.39 is 76.2 Å². The molecular formula is C26H45NO9. The van der Waals surface area contributed by atoms with Gasteiger partial charge in [0.05, 0.1) is 21.7 Å². The Morgan fingerprint density at radius 2 is 0.917 bits per heavy atom. The van der Waals surface area contributed by atoms with Crippen molar-refractivity contribution in [1.82, 2.24) is 0 Å². The maximum Gasteiger partial charge on any atom is 0.311 e. The standard InChI is InChI=1S/C26H45NO9/c1-23(2,3)19(28)32-13-14-15(34-20(29)24(4,5)6)16(35-21(30)25(7,8)9)17(18(27)33-14)36-22(31)26(10,11)12/h14-18H,13,27H2,1-12H3/t14-,15+,16+,17-,18?/m1/s1. The zero-order chi connectivity index (χ0) is 28.4. The fraction of sp³-hybridized carbons (Fsp3) is 0.846. The third-order valence-corrected chi connectivity index (χ3v) is 5.23. The normalized spacial score (nSPS) is 25.5. The molecule has 1 rings (SSSR count). The van der Waals surface area contributed by atoms with Crippen molar-refractivity contribution in [3.8, 4) is 0 Å². The third kappa shape index (κ3) is 8.73. The molecule has 0 aromatic rings. The fourth-order valence-electron chi connectivity index (χ4n) is 2.76. The van der Waals surface area contributed by atoms with Crippen LogP contribution in [0.4, 0.5) is 0 Å². The summed E-state index contributed by atoms with van der Waals surface area (Å²) in [5.74, 6) is -2.36. The zero-order valence-corrected chi connectivity index (χ0v) is 23.8. The van der Waals surface area contributed by atoms with Gasteiger partial charge < -0.3 is 29.4 Å². The molecular weight excluding hydrogens is 470 g/mol. The molecule has 1 aliphatic heterocycles. The Bertz CT molecular complexity index is 824. The monoisotopic (exact) mass is 515 g/mol. The minimum Gasteiger partial charge on any atom is -0.462 e. The number of hydrogen-bond donors (Lipinski definition) is 1. The summed E-state index contributed by atoms with van der Waals surface area (Å²) in [7, 11) is 0. The van der Waals surface area contributed by atoms with Crippen LogP contribution in [0.1, 0.15) is 83.1 Å². The summed E-state index contributed by atoms with van der Waals surface area (Å²) in [6.45, 7) is 19.7. The highest BCUT2D eigenvalue weighted by Gasteiger charge is 2.53. The first kappa shape index (κ1) is 31.8. The molecule has 0 aromatic heterocycles. The van der Waals surface area contributed by atoms with Crippen LogP contribution in [0.15, 0.2) is 0 Å². The molecule has 0 saturated carbocycles. The van der Waals surface area contributed by atoms with Crippen LogP contribution in [0.2, 0.25) is 0 Å². The van der Waals surface area contributed by atoms with E-state index in [-0.39, 0.29) is 6.61 Å². The Morgan fingerprint density at radius 3 is 1.28 bits per heavy atom. The van der Waals surface area contributed by atoms with Gasteiger partial charge in [0.1, 0.15) is 18.9 Å². The number of ether oxygens (including phenoxy) is 5. The lowest BCUT2D eigenvalue weighted by molar-refractivity contribution is -0.259. The Kier molecular flexibility index (Phi) is 9.77. The van der Waals surface area contributed by atoms with Crippen molar-refractivity contribution >= 4 is 23.9 Å². The van der Waals surface area contributed by atoms with Crippen LogP contribution < -0.4 is 5.73 Å². The minimum absolute atomic E-state index is 0.324. The number of esters is 4. The van der Waals surface area contributed by atoms with Crippen molar-refractivity contribution in [3.63, 3.8) is 0 Å². The van der Waals surface area contributed by atoms with Gasteiger partial charge in [-0.15, -0.1) is 0 Å². The highest BCUT2D eigenvalue weighted by molar-refractivity contribution is 5.78. The lowest BCUT2D eigenvalue weighted by Crippen LogP contribution is -2.65. The molecule has 0 aliphatic carbocycles.